The lowest BCUT2D eigenvalue weighted by Crippen LogP contribution is -2.61. The second-order valence-electron chi connectivity index (χ2n) is 14.2. The first-order valence-corrected chi connectivity index (χ1v) is 18.0. The van der Waals surface area contributed by atoms with Crippen LogP contribution in [0.5, 0.6) is 0 Å². The van der Waals surface area contributed by atoms with E-state index >= 15 is 0 Å². The summed E-state index contributed by atoms with van der Waals surface area (Å²) in [6, 6.07) is 10.4. The first-order valence-electron chi connectivity index (χ1n) is 18.0. The Labute approximate surface area is 309 Å². The number of hydrogen-bond acceptors (Lipinski definition) is 9. The van der Waals surface area contributed by atoms with Gasteiger partial charge < -0.3 is 35.5 Å². The summed E-state index contributed by atoms with van der Waals surface area (Å²) in [6.07, 6.45) is 1.26. The number of amides is 3. The van der Waals surface area contributed by atoms with Gasteiger partial charge in [0.2, 0.25) is 23.6 Å². The first kappa shape index (κ1) is 44.1. The molecule has 2 aromatic rings. The van der Waals surface area contributed by atoms with Crippen molar-refractivity contribution >= 4 is 29.6 Å². The number of ether oxygens (including phenoxy) is 3. The summed E-state index contributed by atoms with van der Waals surface area (Å²) in [6.45, 7) is 12.8. The molecule has 0 spiro atoms. The van der Waals surface area contributed by atoms with Crippen molar-refractivity contribution in [1.29, 1.82) is 0 Å². The number of carbonyl (C=O) groups excluding carboxylic acids is 5. The number of hydrogen-bond donors (Lipinski definition) is 3. The summed E-state index contributed by atoms with van der Waals surface area (Å²) in [5.41, 5.74) is 6.34. The number of carbonyl (C=O) groups is 5. The number of nitrogens with one attached hydrogen (secondary N) is 2. The molecule has 0 fully saturated rings. The van der Waals surface area contributed by atoms with Gasteiger partial charge in [-0.05, 0) is 42.9 Å². The van der Waals surface area contributed by atoms with E-state index in [1.54, 1.807) is 44.1 Å². The molecule has 13 heteroatoms. The van der Waals surface area contributed by atoms with Crippen molar-refractivity contribution in [1.82, 2.24) is 20.1 Å². The summed E-state index contributed by atoms with van der Waals surface area (Å²) in [5, 5.41) is 5.66. The minimum absolute atomic E-state index is 0.0798. The van der Waals surface area contributed by atoms with E-state index < -0.39 is 59.6 Å². The van der Waals surface area contributed by atoms with E-state index in [0.717, 1.165) is 5.56 Å². The van der Waals surface area contributed by atoms with Crippen LogP contribution in [0, 0.1) is 17.8 Å². The Kier molecular flexibility index (Phi) is 17.2. The standard InChI is InChI=1S/C39H61N5O8/c1-12-25(5)33(43(8)36(47)32(24(3)4)42-38(49)39(7,40)13-2)30(50-9)23-31(45)44-21-17-20-29(44)34(51-10)26(6)35(46)41-28(37(48)52-11)22-27-18-15-14-16-19-27/h14-21,24-26,28,30,32-34H,12-13,22-23,40H2,1-11H3,(H,41,46)(H,42,49)/t25-,26+,28-,30+,32-,33-,34+,39?/m0/s1. The molecule has 3 amide bonds. The van der Waals surface area contributed by atoms with E-state index in [9.17, 15) is 24.0 Å². The summed E-state index contributed by atoms with van der Waals surface area (Å²) in [4.78, 5) is 68.8. The molecule has 0 saturated carbocycles. The fraction of sp³-hybridized carbons (Fsp3) is 0.615. The lowest BCUT2D eigenvalue weighted by atomic mass is 9.89. The average Bonchev–Trinajstić information content (AvgIpc) is 3.62. The van der Waals surface area contributed by atoms with E-state index in [1.165, 1.54) is 25.9 Å². The van der Waals surface area contributed by atoms with Crippen LogP contribution < -0.4 is 16.4 Å². The van der Waals surface area contributed by atoms with Gasteiger partial charge in [-0.2, -0.15) is 0 Å². The fourth-order valence-electron chi connectivity index (χ4n) is 6.26. The number of rotatable bonds is 20. The van der Waals surface area contributed by atoms with Crippen LogP contribution in [0.1, 0.15) is 89.9 Å². The van der Waals surface area contributed by atoms with Crippen molar-refractivity contribution in [2.45, 2.75) is 110 Å². The summed E-state index contributed by atoms with van der Waals surface area (Å²) < 4.78 is 18.1. The predicted octanol–water partition coefficient (Wildman–Crippen LogP) is 3.90. The molecule has 1 unspecified atom stereocenters. The van der Waals surface area contributed by atoms with Crippen LogP contribution in [-0.2, 0) is 39.8 Å². The summed E-state index contributed by atoms with van der Waals surface area (Å²) in [5.74, 6) is -3.22. The molecule has 1 heterocycles. The van der Waals surface area contributed by atoms with Crippen LogP contribution in [0.3, 0.4) is 0 Å². The molecule has 0 aliphatic rings. The van der Waals surface area contributed by atoms with Crippen molar-refractivity contribution in [3.63, 3.8) is 0 Å². The Bertz CT molecular complexity index is 1480. The van der Waals surface area contributed by atoms with Crippen LogP contribution >= 0.6 is 0 Å². The van der Waals surface area contributed by atoms with Crippen molar-refractivity contribution in [3.05, 3.63) is 59.9 Å². The fourth-order valence-corrected chi connectivity index (χ4v) is 6.26. The van der Waals surface area contributed by atoms with Crippen LogP contribution in [-0.4, -0.2) is 97.2 Å². The lowest BCUT2D eigenvalue weighted by molar-refractivity contribution is -0.146. The number of likely N-dealkylation sites (N-methyl/N-ethyl adjacent to an activating group) is 1. The SMILES string of the molecule is CC[C@H](C)[C@@H]([C@@H](CC(=O)n1cccc1[C@H](OC)[C@@H](C)C(=O)N[C@@H](Cc1ccccc1)C(=O)OC)OC)N(C)C(=O)[C@@H](NC(=O)C(C)(N)CC)C(C)C. The highest BCUT2D eigenvalue weighted by Crippen LogP contribution is 2.29. The van der Waals surface area contributed by atoms with E-state index in [1.807, 2.05) is 65.0 Å². The number of benzene rings is 1. The van der Waals surface area contributed by atoms with Crippen LogP contribution in [0.15, 0.2) is 48.7 Å². The predicted molar refractivity (Wildman–Crippen MR) is 199 cm³/mol. The third-order valence-electron chi connectivity index (χ3n) is 10.1. The Morgan fingerprint density at radius 1 is 0.923 bits per heavy atom. The lowest BCUT2D eigenvalue weighted by Gasteiger charge is -2.40. The van der Waals surface area contributed by atoms with Gasteiger partial charge in [-0.1, -0.05) is 78.3 Å². The van der Waals surface area contributed by atoms with Crippen molar-refractivity contribution in [3.8, 4) is 0 Å². The number of aromatic nitrogens is 1. The zero-order chi connectivity index (χ0) is 39.3. The second-order valence-corrected chi connectivity index (χ2v) is 14.2. The molecule has 1 aromatic carbocycles. The molecule has 8 atom stereocenters. The molecule has 0 radical (unpaired) electrons. The molecule has 13 nitrogen and oxygen atoms in total. The molecule has 52 heavy (non-hydrogen) atoms. The molecule has 1 aromatic heterocycles. The van der Waals surface area contributed by atoms with Crippen molar-refractivity contribution in [2.24, 2.45) is 23.5 Å². The van der Waals surface area contributed by atoms with Crippen molar-refractivity contribution in [2.75, 3.05) is 28.4 Å². The van der Waals surface area contributed by atoms with Gasteiger partial charge in [0, 0.05) is 33.9 Å². The van der Waals surface area contributed by atoms with Gasteiger partial charge in [-0.3, -0.25) is 23.7 Å². The maximum Gasteiger partial charge on any atom is 0.328 e. The number of nitrogens with zero attached hydrogens (tertiary/aromatic N) is 2. The molecule has 290 valence electrons. The Morgan fingerprint density at radius 2 is 1.56 bits per heavy atom. The highest BCUT2D eigenvalue weighted by atomic mass is 16.5. The molecule has 0 aliphatic carbocycles. The zero-order valence-electron chi connectivity index (χ0n) is 32.8. The number of nitrogens with two attached hydrogens (primary N) is 1. The van der Waals surface area contributed by atoms with E-state index in [4.69, 9.17) is 19.9 Å². The smallest absolute Gasteiger partial charge is 0.328 e. The van der Waals surface area contributed by atoms with Gasteiger partial charge in [0.1, 0.15) is 18.2 Å². The van der Waals surface area contributed by atoms with Gasteiger partial charge in [0.05, 0.1) is 42.8 Å². The summed E-state index contributed by atoms with van der Waals surface area (Å²) >= 11 is 0. The second kappa shape index (κ2) is 20.2. The molecule has 0 saturated heterocycles. The highest BCUT2D eigenvalue weighted by molar-refractivity contribution is 5.92. The molecule has 0 aliphatic heterocycles. The van der Waals surface area contributed by atoms with Gasteiger partial charge >= 0.3 is 5.97 Å². The number of esters is 1. The van der Waals surface area contributed by atoms with Gasteiger partial charge in [-0.25, -0.2) is 4.79 Å². The zero-order valence-corrected chi connectivity index (χ0v) is 32.8. The van der Waals surface area contributed by atoms with Crippen LogP contribution in [0.4, 0.5) is 0 Å². The molecule has 2 rings (SSSR count). The van der Waals surface area contributed by atoms with E-state index in [0.29, 0.717) is 18.5 Å². The Morgan fingerprint density at radius 3 is 2.08 bits per heavy atom. The van der Waals surface area contributed by atoms with Gasteiger partial charge in [0.25, 0.3) is 0 Å². The quantitative estimate of drug-likeness (QED) is 0.171. The first-order chi connectivity index (χ1) is 24.5. The maximum atomic E-state index is 14.0. The molecular formula is C39H61N5O8. The minimum atomic E-state index is -1.14. The third kappa shape index (κ3) is 11.2. The molecule has 0 bridgehead atoms. The minimum Gasteiger partial charge on any atom is -0.467 e. The Balaban J connectivity index is 2.34. The third-order valence-corrected chi connectivity index (χ3v) is 10.1. The normalized spacial score (nSPS) is 16.7. The van der Waals surface area contributed by atoms with Crippen molar-refractivity contribution < 1.29 is 38.2 Å². The summed E-state index contributed by atoms with van der Waals surface area (Å²) in [7, 11) is 5.89. The largest absolute Gasteiger partial charge is 0.467 e. The van der Waals surface area contributed by atoms with E-state index in [2.05, 4.69) is 10.6 Å². The van der Waals surface area contributed by atoms with Crippen LogP contribution in [0.2, 0.25) is 0 Å². The topological polar surface area (TPSA) is 171 Å². The monoisotopic (exact) mass is 727 g/mol. The Hall–Kier alpha value is -4.07. The maximum absolute atomic E-state index is 14.0. The molecule has 4 N–H and O–H groups in total. The van der Waals surface area contributed by atoms with Gasteiger partial charge in [0.15, 0.2) is 0 Å². The van der Waals surface area contributed by atoms with Crippen LogP contribution in [0.25, 0.3) is 0 Å². The number of methoxy groups -OCH3 is 3. The average molecular weight is 728 g/mol. The van der Waals surface area contributed by atoms with Gasteiger partial charge in [-0.15, -0.1) is 0 Å². The highest BCUT2D eigenvalue weighted by Gasteiger charge is 2.40. The molecular weight excluding hydrogens is 666 g/mol. The van der Waals surface area contributed by atoms with E-state index in [-0.39, 0.29) is 36.5 Å².